The summed E-state index contributed by atoms with van der Waals surface area (Å²) in [5, 5.41) is 20.5. The average Bonchev–Trinajstić information content (AvgIpc) is 2.39. The number of aliphatic hydroxyl groups excluding tert-OH is 1. The molecule has 0 bridgehead atoms. The molecule has 0 unspecified atom stereocenters. The molecular formula is C14H13NO4. The third-order valence-electron chi connectivity index (χ3n) is 2.63. The van der Waals surface area contributed by atoms with Gasteiger partial charge in [-0.1, -0.05) is 24.3 Å². The third kappa shape index (κ3) is 3.08. The van der Waals surface area contributed by atoms with Gasteiger partial charge in [0.1, 0.15) is 5.75 Å². The molecule has 0 saturated heterocycles. The second-order valence-corrected chi connectivity index (χ2v) is 4.08. The van der Waals surface area contributed by atoms with Gasteiger partial charge in [0.25, 0.3) is 0 Å². The van der Waals surface area contributed by atoms with Crippen LogP contribution in [0.4, 0.5) is 5.69 Å². The highest BCUT2D eigenvalue weighted by Crippen LogP contribution is 2.33. The van der Waals surface area contributed by atoms with E-state index < -0.39 is 11.0 Å². The second-order valence-electron chi connectivity index (χ2n) is 4.08. The predicted octanol–water partition coefficient (Wildman–Crippen LogP) is 3.44. The molecule has 0 aromatic heterocycles. The molecule has 2 aromatic rings. The summed E-state index contributed by atoms with van der Waals surface area (Å²) in [6, 6.07) is 13.2. The molecule has 19 heavy (non-hydrogen) atoms. The molecule has 2 aromatic carbocycles. The molecule has 1 N–H and O–H groups in total. The Morgan fingerprint density at radius 1 is 1.21 bits per heavy atom. The van der Waals surface area contributed by atoms with Crippen molar-refractivity contribution in [1.82, 2.24) is 0 Å². The topological polar surface area (TPSA) is 72.6 Å². The minimum Gasteiger partial charge on any atom is -0.450 e. The van der Waals surface area contributed by atoms with Gasteiger partial charge in [0.2, 0.25) is 5.75 Å². The van der Waals surface area contributed by atoms with Crippen molar-refractivity contribution in [2.45, 2.75) is 13.0 Å². The van der Waals surface area contributed by atoms with Crippen molar-refractivity contribution < 1.29 is 14.8 Å². The van der Waals surface area contributed by atoms with Gasteiger partial charge in [-0.2, -0.15) is 0 Å². The minimum atomic E-state index is -0.760. The van der Waals surface area contributed by atoms with Crippen LogP contribution in [0, 0.1) is 10.1 Å². The summed E-state index contributed by atoms with van der Waals surface area (Å²) in [4.78, 5) is 10.5. The van der Waals surface area contributed by atoms with Crippen LogP contribution in [-0.4, -0.2) is 10.0 Å². The summed E-state index contributed by atoms with van der Waals surface area (Å²) in [6.07, 6.45) is -0.760. The van der Waals surface area contributed by atoms with Crippen LogP contribution in [0.5, 0.6) is 11.5 Å². The number of nitrogens with zero attached hydrogens (tertiary/aromatic N) is 1. The lowest BCUT2D eigenvalue weighted by Gasteiger charge is -2.09. The molecule has 0 fully saturated rings. The van der Waals surface area contributed by atoms with E-state index in [1.807, 2.05) is 6.07 Å². The Bertz CT molecular complexity index is 581. The number of nitro groups is 1. The molecular weight excluding hydrogens is 246 g/mol. The van der Waals surface area contributed by atoms with E-state index in [4.69, 9.17) is 4.74 Å². The van der Waals surface area contributed by atoms with Gasteiger partial charge in [0.15, 0.2) is 0 Å². The van der Waals surface area contributed by atoms with Crippen LogP contribution in [0.25, 0.3) is 0 Å². The molecule has 5 nitrogen and oxygen atoms in total. The van der Waals surface area contributed by atoms with Crippen LogP contribution in [0.2, 0.25) is 0 Å². The van der Waals surface area contributed by atoms with Crippen LogP contribution in [0.3, 0.4) is 0 Å². The molecule has 2 rings (SSSR count). The molecule has 0 saturated carbocycles. The first-order valence-electron chi connectivity index (χ1n) is 5.77. The van der Waals surface area contributed by atoms with Crippen molar-refractivity contribution in [2.75, 3.05) is 0 Å². The van der Waals surface area contributed by atoms with Gasteiger partial charge in [-0.3, -0.25) is 10.1 Å². The smallest absolute Gasteiger partial charge is 0.311 e. The molecule has 98 valence electrons. The van der Waals surface area contributed by atoms with Crippen molar-refractivity contribution >= 4 is 5.69 Å². The Balaban J connectivity index is 2.37. The Kier molecular flexibility index (Phi) is 3.77. The molecule has 0 aliphatic carbocycles. The molecule has 0 heterocycles. The highest BCUT2D eigenvalue weighted by molar-refractivity contribution is 5.50. The Morgan fingerprint density at radius 2 is 1.89 bits per heavy atom. The maximum atomic E-state index is 11.0. The normalized spacial score (nSPS) is 11.9. The Hall–Kier alpha value is -2.40. The van der Waals surface area contributed by atoms with E-state index >= 15 is 0 Å². The van der Waals surface area contributed by atoms with E-state index in [2.05, 4.69) is 0 Å². The largest absolute Gasteiger partial charge is 0.450 e. The maximum absolute atomic E-state index is 11.0. The number of nitro benzene ring substituents is 1. The molecule has 5 heteroatoms. The van der Waals surface area contributed by atoms with Gasteiger partial charge >= 0.3 is 5.69 Å². The van der Waals surface area contributed by atoms with E-state index in [0.29, 0.717) is 11.3 Å². The van der Waals surface area contributed by atoms with Gasteiger partial charge in [-0.25, -0.2) is 0 Å². The number of ether oxygens (including phenoxy) is 1. The minimum absolute atomic E-state index is 0.153. The lowest BCUT2D eigenvalue weighted by molar-refractivity contribution is -0.385. The first-order valence-corrected chi connectivity index (χ1v) is 5.77. The van der Waals surface area contributed by atoms with Crippen molar-refractivity contribution in [3.8, 4) is 11.5 Å². The fourth-order valence-corrected chi connectivity index (χ4v) is 1.64. The second kappa shape index (κ2) is 5.49. The molecule has 0 amide bonds. The predicted molar refractivity (Wildman–Crippen MR) is 70.2 cm³/mol. The molecule has 0 aliphatic rings. The Labute approximate surface area is 110 Å². The zero-order valence-corrected chi connectivity index (χ0v) is 10.3. The maximum Gasteiger partial charge on any atom is 0.311 e. The van der Waals surface area contributed by atoms with Gasteiger partial charge in [0.05, 0.1) is 11.0 Å². The lowest BCUT2D eigenvalue weighted by Crippen LogP contribution is -1.97. The standard InChI is InChI=1S/C14H13NO4/c1-10(16)11-7-8-14(13(9-11)15(17)18)19-12-5-3-2-4-6-12/h2-10,16H,1H3/t10-/m0/s1. The number of hydrogen-bond acceptors (Lipinski definition) is 4. The van der Waals surface area contributed by atoms with E-state index in [0.717, 1.165) is 0 Å². The van der Waals surface area contributed by atoms with Crippen LogP contribution in [-0.2, 0) is 0 Å². The van der Waals surface area contributed by atoms with Crippen molar-refractivity contribution in [2.24, 2.45) is 0 Å². The fourth-order valence-electron chi connectivity index (χ4n) is 1.64. The summed E-state index contributed by atoms with van der Waals surface area (Å²) < 4.78 is 5.48. The number of rotatable bonds is 4. The van der Waals surface area contributed by atoms with Gasteiger partial charge < -0.3 is 9.84 Å². The third-order valence-corrected chi connectivity index (χ3v) is 2.63. The van der Waals surface area contributed by atoms with Crippen LogP contribution in [0.1, 0.15) is 18.6 Å². The summed E-state index contributed by atoms with van der Waals surface area (Å²) >= 11 is 0. The molecule has 0 radical (unpaired) electrons. The summed E-state index contributed by atoms with van der Waals surface area (Å²) in [5.74, 6) is 0.677. The van der Waals surface area contributed by atoms with Crippen molar-refractivity contribution in [1.29, 1.82) is 0 Å². The van der Waals surface area contributed by atoms with E-state index in [1.165, 1.54) is 12.1 Å². The van der Waals surface area contributed by atoms with Gasteiger partial charge in [-0.05, 0) is 30.7 Å². The average molecular weight is 259 g/mol. The monoisotopic (exact) mass is 259 g/mol. The number of para-hydroxylation sites is 1. The summed E-state index contributed by atoms with van der Waals surface area (Å²) in [6.45, 7) is 1.55. The van der Waals surface area contributed by atoms with E-state index in [1.54, 1.807) is 37.3 Å². The van der Waals surface area contributed by atoms with Gasteiger partial charge in [0, 0.05) is 6.07 Å². The zero-order valence-electron chi connectivity index (χ0n) is 10.3. The summed E-state index contributed by atoms with van der Waals surface area (Å²) in [7, 11) is 0. The highest BCUT2D eigenvalue weighted by atomic mass is 16.6. The van der Waals surface area contributed by atoms with Crippen LogP contribution in [0.15, 0.2) is 48.5 Å². The number of aliphatic hydroxyl groups is 1. The SMILES string of the molecule is C[C@H](O)c1ccc(Oc2ccccc2)c([N+](=O)[O-])c1. The highest BCUT2D eigenvalue weighted by Gasteiger charge is 2.18. The molecule has 1 atom stereocenters. The quantitative estimate of drug-likeness (QED) is 0.674. The van der Waals surface area contributed by atoms with Gasteiger partial charge in [-0.15, -0.1) is 0 Å². The first kappa shape index (κ1) is 13.0. The fraction of sp³-hybridized carbons (Fsp3) is 0.143. The number of hydrogen-bond donors (Lipinski definition) is 1. The zero-order chi connectivity index (χ0) is 13.8. The summed E-state index contributed by atoms with van der Waals surface area (Å²) in [5.41, 5.74) is 0.314. The van der Waals surface area contributed by atoms with Crippen LogP contribution < -0.4 is 4.74 Å². The Morgan fingerprint density at radius 3 is 2.47 bits per heavy atom. The van der Waals surface area contributed by atoms with Crippen molar-refractivity contribution in [3.05, 3.63) is 64.2 Å². The molecule has 0 spiro atoms. The van der Waals surface area contributed by atoms with E-state index in [9.17, 15) is 15.2 Å². The van der Waals surface area contributed by atoms with Crippen molar-refractivity contribution in [3.63, 3.8) is 0 Å². The van der Waals surface area contributed by atoms with Crippen LogP contribution >= 0.6 is 0 Å². The van der Waals surface area contributed by atoms with E-state index in [-0.39, 0.29) is 11.4 Å². The lowest BCUT2D eigenvalue weighted by atomic mass is 10.1. The first-order chi connectivity index (χ1) is 9.08. The molecule has 0 aliphatic heterocycles. The number of benzene rings is 2.